The third-order valence-electron chi connectivity index (χ3n) is 2.65. The number of carbonyl (C=O) groups is 1. The zero-order valence-corrected chi connectivity index (χ0v) is 11.9. The Morgan fingerprint density at radius 3 is 2.74 bits per heavy atom. The van der Waals surface area contributed by atoms with E-state index in [1.165, 1.54) is 11.5 Å². The second-order valence-electron chi connectivity index (χ2n) is 4.77. The van der Waals surface area contributed by atoms with Crippen molar-refractivity contribution < 1.29 is 4.79 Å². The topological polar surface area (TPSA) is 54.9 Å². The normalized spacial score (nSPS) is 10.7. The zero-order chi connectivity index (χ0) is 13.7. The van der Waals surface area contributed by atoms with Crippen LogP contribution in [0.5, 0.6) is 0 Å². The van der Waals surface area contributed by atoms with E-state index in [0.29, 0.717) is 23.3 Å². The highest BCUT2D eigenvalue weighted by atomic mass is 32.1. The molecule has 0 saturated carbocycles. The minimum absolute atomic E-state index is 0.00413. The second kappa shape index (κ2) is 6.43. The Morgan fingerprint density at radius 2 is 2.05 bits per heavy atom. The molecule has 1 N–H and O–H groups in total. The Hall–Kier alpha value is -1.75. The minimum Gasteiger partial charge on any atom is -0.301 e. The lowest BCUT2D eigenvalue weighted by Gasteiger charge is -2.03. The van der Waals surface area contributed by atoms with Gasteiger partial charge in [0, 0.05) is 23.5 Å². The minimum atomic E-state index is 0.00413. The van der Waals surface area contributed by atoms with Crippen molar-refractivity contribution >= 4 is 22.6 Å². The van der Waals surface area contributed by atoms with E-state index >= 15 is 0 Å². The summed E-state index contributed by atoms with van der Waals surface area (Å²) in [5, 5.41) is 3.36. The lowest BCUT2D eigenvalue weighted by Crippen LogP contribution is -2.11. The van der Waals surface area contributed by atoms with Crippen LogP contribution in [0, 0.1) is 5.92 Å². The highest BCUT2D eigenvalue weighted by molar-refractivity contribution is 7.10. The number of carbonyl (C=O) groups excluding carboxylic acids is 1. The molecular weight excluding hydrogens is 258 g/mol. The summed E-state index contributed by atoms with van der Waals surface area (Å²) in [7, 11) is 0. The number of benzene rings is 1. The summed E-state index contributed by atoms with van der Waals surface area (Å²) in [5.74, 6) is 1.19. The van der Waals surface area contributed by atoms with Gasteiger partial charge in [0.25, 0.3) is 0 Å². The summed E-state index contributed by atoms with van der Waals surface area (Å²) >= 11 is 1.21. The largest absolute Gasteiger partial charge is 0.301 e. The van der Waals surface area contributed by atoms with Crippen molar-refractivity contribution in [2.45, 2.75) is 26.7 Å². The number of rotatable bonds is 5. The maximum absolute atomic E-state index is 11.7. The smallest absolute Gasteiger partial charge is 0.226 e. The molecule has 0 aliphatic heterocycles. The SMILES string of the molecule is CC(C)CCC(=O)Nc1nc(-c2ccccc2)ns1. The highest BCUT2D eigenvalue weighted by Gasteiger charge is 2.09. The Bertz CT molecular complexity index is 537. The maximum Gasteiger partial charge on any atom is 0.226 e. The lowest BCUT2D eigenvalue weighted by molar-refractivity contribution is -0.116. The van der Waals surface area contributed by atoms with Crippen LogP contribution in [0.3, 0.4) is 0 Å². The van der Waals surface area contributed by atoms with Crippen LogP contribution >= 0.6 is 11.5 Å². The fraction of sp³-hybridized carbons (Fsp3) is 0.357. The first-order valence-electron chi connectivity index (χ1n) is 6.34. The van der Waals surface area contributed by atoms with E-state index in [1.54, 1.807) is 0 Å². The number of aromatic nitrogens is 2. The van der Waals surface area contributed by atoms with Crippen LogP contribution in [0.15, 0.2) is 30.3 Å². The summed E-state index contributed by atoms with van der Waals surface area (Å²) in [6, 6.07) is 9.73. The van der Waals surface area contributed by atoms with Crippen molar-refractivity contribution in [1.29, 1.82) is 0 Å². The van der Waals surface area contributed by atoms with Gasteiger partial charge < -0.3 is 5.32 Å². The molecule has 19 heavy (non-hydrogen) atoms. The Balaban J connectivity index is 1.96. The first kappa shape index (κ1) is 13.7. The predicted molar refractivity (Wildman–Crippen MR) is 78.0 cm³/mol. The van der Waals surface area contributed by atoms with Crippen LogP contribution < -0.4 is 5.32 Å². The molecule has 0 unspecified atom stereocenters. The van der Waals surface area contributed by atoms with E-state index in [0.717, 1.165) is 12.0 Å². The van der Waals surface area contributed by atoms with Gasteiger partial charge in [0.15, 0.2) is 5.82 Å². The van der Waals surface area contributed by atoms with Gasteiger partial charge >= 0.3 is 0 Å². The van der Waals surface area contributed by atoms with Crippen LogP contribution in [-0.2, 0) is 4.79 Å². The fourth-order valence-electron chi connectivity index (χ4n) is 1.58. The van der Waals surface area contributed by atoms with Gasteiger partial charge in [-0.25, -0.2) is 0 Å². The van der Waals surface area contributed by atoms with Gasteiger partial charge in [-0.1, -0.05) is 44.2 Å². The van der Waals surface area contributed by atoms with Crippen LogP contribution in [0.4, 0.5) is 5.13 Å². The molecule has 1 heterocycles. The van der Waals surface area contributed by atoms with Gasteiger partial charge in [-0.2, -0.15) is 9.36 Å². The summed E-state index contributed by atoms with van der Waals surface area (Å²) in [5.41, 5.74) is 0.960. The number of nitrogens with zero attached hydrogens (tertiary/aromatic N) is 2. The molecule has 0 bridgehead atoms. The number of hydrogen-bond donors (Lipinski definition) is 1. The van der Waals surface area contributed by atoms with Crippen LogP contribution in [-0.4, -0.2) is 15.3 Å². The maximum atomic E-state index is 11.7. The van der Waals surface area contributed by atoms with Gasteiger partial charge in [-0.15, -0.1) is 0 Å². The van der Waals surface area contributed by atoms with Gasteiger partial charge in [0.2, 0.25) is 11.0 Å². The molecule has 4 nitrogen and oxygen atoms in total. The quantitative estimate of drug-likeness (QED) is 0.907. The number of anilines is 1. The standard InChI is InChI=1S/C14H17N3OS/c1-10(2)8-9-12(18)15-14-16-13(17-19-14)11-6-4-3-5-7-11/h3-7,10H,8-9H2,1-2H3,(H,15,16,17,18). The monoisotopic (exact) mass is 275 g/mol. The number of nitrogens with one attached hydrogen (secondary N) is 1. The first-order valence-corrected chi connectivity index (χ1v) is 7.11. The average Bonchev–Trinajstić information content (AvgIpc) is 2.86. The molecule has 0 aliphatic carbocycles. The van der Waals surface area contributed by atoms with E-state index in [2.05, 4.69) is 28.5 Å². The molecule has 2 aromatic rings. The van der Waals surface area contributed by atoms with Crippen LogP contribution in [0.2, 0.25) is 0 Å². The van der Waals surface area contributed by atoms with Crippen molar-refractivity contribution in [3.05, 3.63) is 30.3 Å². The molecule has 1 amide bonds. The summed E-state index contributed by atoms with van der Waals surface area (Å²) in [6.07, 6.45) is 1.41. The van der Waals surface area contributed by atoms with E-state index in [-0.39, 0.29) is 5.91 Å². The average molecular weight is 275 g/mol. The Morgan fingerprint density at radius 1 is 1.32 bits per heavy atom. The molecule has 0 fully saturated rings. The van der Waals surface area contributed by atoms with Crippen molar-refractivity contribution in [2.75, 3.05) is 5.32 Å². The van der Waals surface area contributed by atoms with Gasteiger partial charge in [-0.05, 0) is 12.3 Å². The first-order chi connectivity index (χ1) is 9.15. The summed E-state index contributed by atoms with van der Waals surface area (Å²) < 4.78 is 4.25. The van der Waals surface area contributed by atoms with E-state index in [9.17, 15) is 4.79 Å². The van der Waals surface area contributed by atoms with Crippen molar-refractivity contribution in [2.24, 2.45) is 5.92 Å². The predicted octanol–water partition coefficient (Wildman–Crippen LogP) is 3.58. The lowest BCUT2D eigenvalue weighted by atomic mass is 10.1. The molecule has 0 aliphatic rings. The molecule has 1 aromatic carbocycles. The van der Waals surface area contributed by atoms with E-state index in [4.69, 9.17) is 0 Å². The molecular formula is C14H17N3OS. The van der Waals surface area contributed by atoms with E-state index < -0.39 is 0 Å². The number of amides is 1. The number of hydrogen-bond acceptors (Lipinski definition) is 4. The molecule has 100 valence electrons. The molecule has 0 radical (unpaired) electrons. The highest BCUT2D eigenvalue weighted by Crippen LogP contribution is 2.20. The molecule has 0 atom stereocenters. The van der Waals surface area contributed by atoms with Crippen LogP contribution in [0.25, 0.3) is 11.4 Å². The Kier molecular flexibility index (Phi) is 4.63. The zero-order valence-electron chi connectivity index (χ0n) is 11.1. The fourth-order valence-corrected chi connectivity index (χ4v) is 2.19. The second-order valence-corrected chi connectivity index (χ2v) is 5.52. The van der Waals surface area contributed by atoms with Crippen LogP contribution in [0.1, 0.15) is 26.7 Å². The van der Waals surface area contributed by atoms with Gasteiger partial charge in [0.1, 0.15) is 0 Å². The van der Waals surface area contributed by atoms with E-state index in [1.807, 2.05) is 30.3 Å². The molecule has 1 aromatic heterocycles. The van der Waals surface area contributed by atoms with Crippen molar-refractivity contribution in [3.63, 3.8) is 0 Å². The van der Waals surface area contributed by atoms with Crippen molar-refractivity contribution in [1.82, 2.24) is 9.36 Å². The van der Waals surface area contributed by atoms with Gasteiger partial charge in [0.05, 0.1) is 0 Å². The molecule has 2 rings (SSSR count). The molecule has 0 spiro atoms. The Labute approximate surface area is 117 Å². The summed E-state index contributed by atoms with van der Waals surface area (Å²) in [4.78, 5) is 16.0. The summed E-state index contributed by atoms with van der Waals surface area (Å²) in [6.45, 7) is 4.21. The molecule has 0 saturated heterocycles. The van der Waals surface area contributed by atoms with Crippen molar-refractivity contribution in [3.8, 4) is 11.4 Å². The molecule has 5 heteroatoms. The third kappa shape index (κ3) is 4.13. The third-order valence-corrected chi connectivity index (χ3v) is 3.28. The van der Waals surface area contributed by atoms with Gasteiger partial charge in [-0.3, -0.25) is 4.79 Å².